The van der Waals surface area contributed by atoms with Crippen molar-refractivity contribution in [1.29, 1.82) is 0 Å². The van der Waals surface area contributed by atoms with E-state index < -0.39 is 12.6 Å². The Bertz CT molecular complexity index is 795. The molecule has 2 aromatic rings. The fourth-order valence-corrected chi connectivity index (χ4v) is 2.13. The van der Waals surface area contributed by atoms with Crippen LogP contribution in [0, 0.1) is 0 Å². The zero-order valence-corrected chi connectivity index (χ0v) is 15.5. The number of carboxylic acid groups (broad SMARTS) is 1. The Morgan fingerprint density at radius 3 is 2.27 bits per heavy atom. The molecule has 2 rings (SSSR count). The number of carboxylic acids is 1. The lowest BCUT2D eigenvalue weighted by Crippen LogP contribution is -2.10. The van der Waals surface area contributed by atoms with E-state index in [-0.39, 0.29) is 27.1 Å². The van der Waals surface area contributed by atoms with Crippen LogP contribution in [0.15, 0.2) is 48.8 Å². The Labute approximate surface area is 161 Å². The molecule has 0 fully saturated rings. The summed E-state index contributed by atoms with van der Waals surface area (Å²) in [6.07, 6.45) is 3.83. The van der Waals surface area contributed by atoms with E-state index in [1.54, 1.807) is 31.5 Å². The van der Waals surface area contributed by atoms with E-state index in [1.165, 1.54) is 12.1 Å². The lowest BCUT2D eigenvalue weighted by atomic mass is 10.0. The van der Waals surface area contributed by atoms with Crippen molar-refractivity contribution in [3.8, 4) is 5.75 Å². The second-order valence-electron chi connectivity index (χ2n) is 4.99. The van der Waals surface area contributed by atoms with Crippen molar-refractivity contribution in [2.24, 2.45) is 0 Å². The van der Waals surface area contributed by atoms with E-state index in [1.807, 2.05) is 0 Å². The summed E-state index contributed by atoms with van der Waals surface area (Å²) in [6.45, 7) is 4.91. The van der Waals surface area contributed by atoms with Crippen LogP contribution in [0.4, 0.5) is 5.69 Å². The first kappa shape index (κ1) is 21.5. The van der Waals surface area contributed by atoms with E-state index in [0.717, 1.165) is 5.69 Å². The number of nitrogens with zero attached hydrogens (tertiary/aromatic N) is 1. The molecule has 6 nitrogen and oxygen atoms in total. The molecule has 0 bridgehead atoms. The Kier molecular flexibility index (Phi) is 8.61. The van der Waals surface area contributed by atoms with Crippen molar-refractivity contribution in [3.05, 3.63) is 64.4 Å². The predicted octanol–water partition coefficient (Wildman–Crippen LogP) is 4.27. The van der Waals surface area contributed by atoms with Crippen LogP contribution >= 0.6 is 23.2 Å². The van der Waals surface area contributed by atoms with Crippen LogP contribution in [0.5, 0.6) is 5.75 Å². The molecule has 0 amide bonds. The standard InChI is InChI=1S/C13H12Cl2O4.C5H6N2/c1-3-7(2)13(18)8-4-5-9(12(15)11(8)14)19-6-10(16)17;6-5-1-3-7-4-2-5/h4-5H,2-3,6H2,1H3,(H,16,17);1-4H,(H2,6,7). The van der Waals surface area contributed by atoms with Gasteiger partial charge in [0.1, 0.15) is 10.8 Å². The topological polar surface area (TPSA) is 103 Å². The number of nitrogens with two attached hydrogens (primary N) is 1. The maximum Gasteiger partial charge on any atom is 0.341 e. The smallest absolute Gasteiger partial charge is 0.341 e. The molecule has 0 aliphatic heterocycles. The number of benzene rings is 1. The number of nitrogen functional groups attached to an aromatic ring is 1. The number of aromatic nitrogens is 1. The number of carbonyl (C=O) groups is 2. The van der Waals surface area contributed by atoms with E-state index in [4.69, 9.17) is 38.8 Å². The van der Waals surface area contributed by atoms with Crippen LogP contribution in [-0.4, -0.2) is 28.4 Å². The normalized spacial score (nSPS) is 9.65. The molecule has 0 aliphatic carbocycles. The Morgan fingerprint density at radius 1 is 1.19 bits per heavy atom. The predicted molar refractivity (Wildman–Crippen MR) is 102 cm³/mol. The van der Waals surface area contributed by atoms with Crippen LogP contribution in [-0.2, 0) is 4.79 Å². The summed E-state index contributed by atoms with van der Waals surface area (Å²) in [4.78, 5) is 26.1. The fraction of sp³-hybridized carbons (Fsp3) is 0.167. The van der Waals surface area contributed by atoms with Gasteiger partial charge in [0.25, 0.3) is 0 Å². The molecule has 1 aromatic carbocycles. The highest BCUT2D eigenvalue weighted by Gasteiger charge is 2.18. The third-order valence-electron chi connectivity index (χ3n) is 3.10. The molecule has 0 aliphatic rings. The van der Waals surface area contributed by atoms with Gasteiger partial charge in [-0.25, -0.2) is 4.79 Å². The number of aliphatic carboxylic acids is 1. The number of halogens is 2. The monoisotopic (exact) mass is 396 g/mol. The van der Waals surface area contributed by atoms with Gasteiger partial charge < -0.3 is 15.6 Å². The Morgan fingerprint density at radius 2 is 1.81 bits per heavy atom. The van der Waals surface area contributed by atoms with E-state index >= 15 is 0 Å². The summed E-state index contributed by atoms with van der Waals surface area (Å²) < 4.78 is 4.95. The number of ketones is 1. The summed E-state index contributed by atoms with van der Waals surface area (Å²) in [5, 5.41) is 8.56. The zero-order chi connectivity index (χ0) is 19.7. The van der Waals surface area contributed by atoms with Crippen LogP contribution in [0.3, 0.4) is 0 Å². The van der Waals surface area contributed by atoms with Crippen molar-refractivity contribution in [2.45, 2.75) is 13.3 Å². The number of allylic oxidation sites excluding steroid dienone is 1. The summed E-state index contributed by atoms with van der Waals surface area (Å²) in [5.74, 6) is -1.31. The molecular formula is C18H18Cl2N2O4. The quantitative estimate of drug-likeness (QED) is 0.558. The number of rotatable bonds is 6. The van der Waals surface area contributed by atoms with E-state index in [9.17, 15) is 9.59 Å². The van der Waals surface area contributed by atoms with Gasteiger partial charge in [0.2, 0.25) is 0 Å². The van der Waals surface area contributed by atoms with Crippen LogP contribution < -0.4 is 10.5 Å². The minimum atomic E-state index is -1.13. The first-order valence-corrected chi connectivity index (χ1v) is 8.24. The molecule has 0 saturated heterocycles. The Hall–Kier alpha value is -2.57. The van der Waals surface area contributed by atoms with Crippen molar-refractivity contribution in [1.82, 2.24) is 4.98 Å². The average molecular weight is 397 g/mol. The first-order chi connectivity index (χ1) is 12.3. The molecular weight excluding hydrogens is 379 g/mol. The van der Waals surface area contributed by atoms with Crippen molar-refractivity contribution >= 4 is 40.6 Å². The number of Topliss-reactive ketones (excluding diaryl/α,β-unsaturated/α-hetero) is 1. The van der Waals surface area contributed by atoms with Gasteiger partial charge in [-0.1, -0.05) is 36.7 Å². The van der Waals surface area contributed by atoms with E-state index in [2.05, 4.69) is 11.6 Å². The molecule has 26 heavy (non-hydrogen) atoms. The second-order valence-corrected chi connectivity index (χ2v) is 5.74. The third-order valence-corrected chi connectivity index (χ3v) is 3.96. The summed E-state index contributed by atoms with van der Waals surface area (Å²) in [5.41, 5.74) is 6.71. The molecule has 3 N–H and O–H groups in total. The second kappa shape index (κ2) is 10.4. The molecule has 0 unspecified atom stereocenters. The van der Waals surface area contributed by atoms with Gasteiger partial charge in [0.15, 0.2) is 12.4 Å². The minimum Gasteiger partial charge on any atom is -0.480 e. The molecule has 1 aromatic heterocycles. The largest absolute Gasteiger partial charge is 0.480 e. The molecule has 0 spiro atoms. The van der Waals surface area contributed by atoms with Crippen LogP contribution in [0.1, 0.15) is 23.7 Å². The van der Waals surface area contributed by atoms with E-state index in [0.29, 0.717) is 12.0 Å². The minimum absolute atomic E-state index is 0.0117. The number of carbonyl (C=O) groups excluding carboxylic acids is 1. The number of hydrogen-bond donors (Lipinski definition) is 2. The number of hydrogen-bond acceptors (Lipinski definition) is 5. The molecule has 0 saturated carbocycles. The first-order valence-electron chi connectivity index (χ1n) is 7.48. The van der Waals surface area contributed by atoms with Gasteiger partial charge in [0, 0.05) is 23.6 Å². The zero-order valence-electron chi connectivity index (χ0n) is 14.0. The van der Waals surface area contributed by atoms with Crippen LogP contribution in [0.2, 0.25) is 10.0 Å². The molecule has 1 heterocycles. The highest BCUT2D eigenvalue weighted by molar-refractivity contribution is 6.45. The summed E-state index contributed by atoms with van der Waals surface area (Å²) in [7, 11) is 0. The van der Waals surface area contributed by atoms with Gasteiger partial charge in [-0.2, -0.15) is 0 Å². The molecule has 138 valence electrons. The third kappa shape index (κ3) is 6.38. The summed E-state index contributed by atoms with van der Waals surface area (Å²) >= 11 is 11.9. The maximum atomic E-state index is 11.9. The lowest BCUT2D eigenvalue weighted by molar-refractivity contribution is -0.139. The Balaban J connectivity index is 0.000000401. The molecule has 0 atom stereocenters. The highest BCUT2D eigenvalue weighted by atomic mass is 35.5. The summed E-state index contributed by atoms with van der Waals surface area (Å²) in [6, 6.07) is 6.35. The SMILES string of the molecule is C=C(CC)C(=O)c1ccc(OCC(=O)O)c(Cl)c1Cl.Nc1ccncc1. The average Bonchev–Trinajstić information content (AvgIpc) is 2.62. The van der Waals surface area contributed by atoms with Gasteiger partial charge in [-0.05, 0) is 36.3 Å². The van der Waals surface area contributed by atoms with Crippen molar-refractivity contribution < 1.29 is 19.4 Å². The fourth-order valence-electron chi connectivity index (χ4n) is 1.67. The molecule has 8 heteroatoms. The highest BCUT2D eigenvalue weighted by Crippen LogP contribution is 2.35. The van der Waals surface area contributed by atoms with Gasteiger partial charge in [-0.15, -0.1) is 0 Å². The van der Waals surface area contributed by atoms with Gasteiger partial charge >= 0.3 is 5.97 Å². The lowest BCUT2D eigenvalue weighted by Gasteiger charge is -2.10. The van der Waals surface area contributed by atoms with Crippen LogP contribution in [0.25, 0.3) is 0 Å². The van der Waals surface area contributed by atoms with Gasteiger partial charge in [0.05, 0.1) is 5.02 Å². The van der Waals surface area contributed by atoms with Crippen molar-refractivity contribution in [3.63, 3.8) is 0 Å². The molecule has 0 radical (unpaired) electrons. The maximum absolute atomic E-state index is 11.9. The number of ether oxygens (including phenoxy) is 1. The number of anilines is 1. The van der Waals surface area contributed by atoms with Gasteiger partial charge in [-0.3, -0.25) is 9.78 Å². The number of pyridine rings is 1. The van der Waals surface area contributed by atoms with Crippen molar-refractivity contribution in [2.75, 3.05) is 12.3 Å².